The predicted molar refractivity (Wildman–Crippen MR) is 127 cm³/mol. The third-order valence-corrected chi connectivity index (χ3v) is 6.52. The number of halogens is 1. The van der Waals surface area contributed by atoms with Crippen LogP contribution in [0.3, 0.4) is 0 Å². The number of rotatable bonds is 10. The fourth-order valence-electron chi connectivity index (χ4n) is 3.40. The van der Waals surface area contributed by atoms with E-state index in [2.05, 4.69) is 36.3 Å². The first-order valence-corrected chi connectivity index (χ1v) is 11.8. The van der Waals surface area contributed by atoms with E-state index in [-0.39, 0.29) is 13.0 Å². The zero-order valence-electron chi connectivity index (χ0n) is 19.0. The van der Waals surface area contributed by atoms with Gasteiger partial charge in [0.05, 0.1) is 16.0 Å². The predicted octanol–water partition coefficient (Wildman–Crippen LogP) is 3.91. The molecular weight excluding hydrogens is 466 g/mol. The number of thiophene rings is 1. The number of ether oxygens (including phenoxy) is 1. The van der Waals surface area contributed by atoms with Crippen molar-refractivity contribution < 1.29 is 24.3 Å². The molecule has 1 aromatic carbocycles. The molecule has 0 spiro atoms. The largest absolute Gasteiger partial charge is 0.489 e. The molecule has 0 aliphatic rings. The SMILES string of the molecule is Cc1cc(-c2noc(-c3scc(CC(C)C)c3C)n2)cc(Cl)c1OC[C@H](O)CC(O)C(N)=O. The fraction of sp³-hybridized carbons (Fsp3) is 0.435. The quantitative estimate of drug-likeness (QED) is 0.390. The minimum atomic E-state index is -1.44. The Balaban J connectivity index is 1.75. The van der Waals surface area contributed by atoms with Crippen molar-refractivity contribution in [3.8, 4) is 27.9 Å². The standard InChI is InChI=1S/C23H28ClN3O5S/c1-11(2)5-15-10-33-20(13(15)4)23-26-22(27-32-23)14-6-12(3)19(17(24)7-14)31-9-16(28)8-18(29)21(25)30/h6-7,10-11,16,18,28-29H,5,8-9H2,1-4H3,(H2,25,30)/t16-,18?/m1/s1. The molecule has 3 rings (SSSR count). The summed E-state index contributed by atoms with van der Waals surface area (Å²) in [5.74, 6) is 0.909. The van der Waals surface area contributed by atoms with E-state index in [4.69, 9.17) is 26.6 Å². The number of aliphatic hydroxyl groups excluding tert-OH is 2. The Morgan fingerprint density at radius 3 is 2.67 bits per heavy atom. The van der Waals surface area contributed by atoms with E-state index in [0.29, 0.717) is 39.5 Å². The molecule has 0 radical (unpaired) electrons. The van der Waals surface area contributed by atoms with E-state index in [0.717, 1.165) is 16.9 Å². The number of aromatic nitrogens is 2. The van der Waals surface area contributed by atoms with Gasteiger partial charge in [-0.05, 0) is 60.4 Å². The zero-order chi connectivity index (χ0) is 24.3. The van der Waals surface area contributed by atoms with Crippen molar-refractivity contribution in [2.45, 2.75) is 52.7 Å². The molecule has 3 aromatic rings. The number of amides is 1. The van der Waals surface area contributed by atoms with Crippen molar-refractivity contribution in [3.63, 3.8) is 0 Å². The third kappa shape index (κ3) is 6.11. The molecule has 2 aromatic heterocycles. The molecule has 33 heavy (non-hydrogen) atoms. The van der Waals surface area contributed by atoms with Gasteiger partial charge in [-0.15, -0.1) is 11.3 Å². The average molecular weight is 494 g/mol. The van der Waals surface area contributed by atoms with Crippen molar-refractivity contribution in [3.05, 3.63) is 39.2 Å². The lowest BCUT2D eigenvalue weighted by atomic mass is 10.0. The Morgan fingerprint density at radius 1 is 1.30 bits per heavy atom. The first kappa shape index (κ1) is 25.2. The molecule has 1 unspecified atom stereocenters. The van der Waals surface area contributed by atoms with Crippen LogP contribution in [0.5, 0.6) is 5.75 Å². The van der Waals surface area contributed by atoms with E-state index < -0.39 is 18.1 Å². The Bertz CT molecular complexity index is 1100. The molecular formula is C23H28ClN3O5S. The number of hydrogen-bond donors (Lipinski definition) is 3. The van der Waals surface area contributed by atoms with Gasteiger partial charge < -0.3 is 25.2 Å². The molecule has 0 fully saturated rings. The molecule has 8 nitrogen and oxygen atoms in total. The maximum atomic E-state index is 10.9. The van der Waals surface area contributed by atoms with Crippen LogP contribution < -0.4 is 10.5 Å². The summed E-state index contributed by atoms with van der Waals surface area (Å²) >= 11 is 8.00. The molecule has 10 heteroatoms. The Morgan fingerprint density at radius 2 is 2.03 bits per heavy atom. The van der Waals surface area contributed by atoms with Crippen LogP contribution in [0.2, 0.25) is 5.02 Å². The molecule has 2 atom stereocenters. The van der Waals surface area contributed by atoms with Crippen LogP contribution >= 0.6 is 22.9 Å². The normalized spacial score (nSPS) is 13.3. The maximum absolute atomic E-state index is 10.9. The smallest absolute Gasteiger partial charge is 0.268 e. The van der Waals surface area contributed by atoms with Crippen LogP contribution in [0.25, 0.3) is 22.2 Å². The second-order valence-electron chi connectivity index (χ2n) is 8.46. The van der Waals surface area contributed by atoms with Gasteiger partial charge in [-0.3, -0.25) is 4.79 Å². The van der Waals surface area contributed by atoms with Crippen molar-refractivity contribution in [2.24, 2.45) is 11.7 Å². The van der Waals surface area contributed by atoms with Gasteiger partial charge in [0, 0.05) is 12.0 Å². The van der Waals surface area contributed by atoms with Gasteiger partial charge in [0.1, 0.15) is 18.5 Å². The topological polar surface area (TPSA) is 132 Å². The number of nitrogens with two attached hydrogens (primary N) is 1. The highest BCUT2D eigenvalue weighted by atomic mass is 35.5. The second kappa shape index (κ2) is 10.6. The number of carbonyl (C=O) groups is 1. The molecule has 2 heterocycles. The molecule has 0 aliphatic heterocycles. The van der Waals surface area contributed by atoms with Crippen molar-refractivity contribution in [1.82, 2.24) is 10.1 Å². The molecule has 0 saturated heterocycles. The van der Waals surface area contributed by atoms with Crippen LogP contribution in [0.4, 0.5) is 0 Å². The highest BCUT2D eigenvalue weighted by Crippen LogP contribution is 2.36. The van der Waals surface area contributed by atoms with Crippen LogP contribution in [0.15, 0.2) is 22.0 Å². The first-order valence-electron chi connectivity index (χ1n) is 10.6. The zero-order valence-corrected chi connectivity index (χ0v) is 20.5. The number of hydrogen-bond acceptors (Lipinski definition) is 8. The van der Waals surface area contributed by atoms with Crippen LogP contribution in [-0.4, -0.2) is 45.1 Å². The number of nitrogens with zero attached hydrogens (tertiary/aromatic N) is 2. The second-order valence-corrected chi connectivity index (χ2v) is 9.75. The van der Waals surface area contributed by atoms with Gasteiger partial charge in [-0.25, -0.2) is 0 Å². The van der Waals surface area contributed by atoms with Crippen molar-refractivity contribution >= 4 is 28.8 Å². The molecule has 0 saturated carbocycles. The Hall–Kier alpha value is -2.46. The number of carbonyl (C=O) groups excluding carboxylic acids is 1. The van der Waals surface area contributed by atoms with Crippen molar-refractivity contribution in [1.29, 1.82) is 0 Å². The van der Waals surface area contributed by atoms with E-state index in [9.17, 15) is 15.0 Å². The number of primary amides is 1. The fourth-order valence-corrected chi connectivity index (χ4v) is 4.75. The number of benzene rings is 1. The highest BCUT2D eigenvalue weighted by Gasteiger charge is 2.20. The summed E-state index contributed by atoms with van der Waals surface area (Å²) in [6, 6.07) is 3.47. The monoisotopic (exact) mass is 493 g/mol. The van der Waals surface area contributed by atoms with Crippen LogP contribution in [0.1, 0.15) is 37.0 Å². The van der Waals surface area contributed by atoms with Gasteiger partial charge in [-0.1, -0.05) is 30.6 Å². The van der Waals surface area contributed by atoms with E-state index in [1.165, 1.54) is 5.56 Å². The van der Waals surface area contributed by atoms with Gasteiger partial charge in [-0.2, -0.15) is 4.98 Å². The van der Waals surface area contributed by atoms with Crippen molar-refractivity contribution in [2.75, 3.05) is 6.61 Å². The molecule has 4 N–H and O–H groups in total. The molecule has 0 bridgehead atoms. The highest BCUT2D eigenvalue weighted by molar-refractivity contribution is 7.13. The Labute approximate surface area is 201 Å². The molecule has 178 valence electrons. The summed E-state index contributed by atoms with van der Waals surface area (Å²) in [5, 5.41) is 26.0. The van der Waals surface area contributed by atoms with Gasteiger partial charge in [0.15, 0.2) is 0 Å². The summed E-state index contributed by atoms with van der Waals surface area (Å²) in [5.41, 5.74) is 8.81. The van der Waals surface area contributed by atoms with Crippen LogP contribution in [0, 0.1) is 19.8 Å². The van der Waals surface area contributed by atoms with Gasteiger partial charge >= 0.3 is 0 Å². The van der Waals surface area contributed by atoms with Gasteiger partial charge in [0.2, 0.25) is 11.7 Å². The summed E-state index contributed by atoms with van der Waals surface area (Å²) < 4.78 is 11.1. The number of aliphatic hydroxyl groups is 2. The minimum Gasteiger partial charge on any atom is -0.489 e. The minimum absolute atomic E-state index is 0.160. The summed E-state index contributed by atoms with van der Waals surface area (Å²) in [7, 11) is 0. The first-order chi connectivity index (χ1) is 15.6. The van der Waals surface area contributed by atoms with Gasteiger partial charge in [0.25, 0.3) is 5.89 Å². The van der Waals surface area contributed by atoms with E-state index in [1.54, 1.807) is 24.3 Å². The molecule has 1 amide bonds. The lowest BCUT2D eigenvalue weighted by Crippen LogP contribution is -2.33. The number of aryl methyl sites for hydroxylation is 1. The van der Waals surface area contributed by atoms with E-state index in [1.807, 2.05) is 6.07 Å². The summed E-state index contributed by atoms with van der Waals surface area (Å²) in [6.07, 6.45) is -1.76. The maximum Gasteiger partial charge on any atom is 0.268 e. The Kier molecular flexibility index (Phi) is 8.12. The average Bonchev–Trinajstić information content (AvgIpc) is 3.34. The van der Waals surface area contributed by atoms with Crippen LogP contribution in [-0.2, 0) is 11.2 Å². The summed E-state index contributed by atoms with van der Waals surface area (Å²) in [4.78, 5) is 16.4. The molecule has 0 aliphatic carbocycles. The lowest BCUT2D eigenvalue weighted by molar-refractivity contribution is -0.127. The third-order valence-electron chi connectivity index (χ3n) is 5.12. The van der Waals surface area contributed by atoms with E-state index >= 15 is 0 Å². The lowest BCUT2D eigenvalue weighted by Gasteiger charge is -2.16. The summed E-state index contributed by atoms with van der Waals surface area (Å²) in [6.45, 7) is 8.08.